The highest BCUT2D eigenvalue weighted by atomic mass is 15.5. The highest BCUT2D eigenvalue weighted by Gasteiger charge is 2.13. The van der Waals surface area contributed by atoms with Gasteiger partial charge in [0.05, 0.1) is 17.8 Å². The Morgan fingerprint density at radius 2 is 2.05 bits per heavy atom. The molecule has 0 fully saturated rings. The number of nitrogens with one attached hydrogen (secondary N) is 1. The topological polar surface area (TPSA) is 85.3 Å². The van der Waals surface area contributed by atoms with E-state index in [2.05, 4.69) is 30.8 Å². The Labute approximate surface area is 125 Å². The molecule has 0 atom stereocenters. The van der Waals surface area contributed by atoms with E-state index >= 15 is 0 Å². The average molecular weight is 292 g/mol. The van der Waals surface area contributed by atoms with Gasteiger partial charge < -0.3 is 0 Å². The van der Waals surface area contributed by atoms with E-state index in [1.807, 2.05) is 37.4 Å². The van der Waals surface area contributed by atoms with Gasteiger partial charge in [-0.15, -0.1) is 14.8 Å². The molecule has 22 heavy (non-hydrogen) atoms. The summed E-state index contributed by atoms with van der Waals surface area (Å²) < 4.78 is 3.20. The third-order valence-electron chi connectivity index (χ3n) is 3.31. The van der Waals surface area contributed by atoms with Crippen molar-refractivity contribution < 1.29 is 0 Å². The van der Waals surface area contributed by atoms with Gasteiger partial charge in [0.25, 0.3) is 0 Å². The van der Waals surface area contributed by atoms with Gasteiger partial charge in [-0.05, 0) is 5.56 Å². The molecule has 0 saturated carbocycles. The van der Waals surface area contributed by atoms with Gasteiger partial charge in [0.1, 0.15) is 11.8 Å². The number of hydrogen-bond donors (Lipinski definition) is 1. The molecule has 0 aliphatic rings. The minimum absolute atomic E-state index is 0.570. The lowest BCUT2D eigenvalue weighted by Crippen LogP contribution is -2.04. The Balaban J connectivity index is 1.76. The first-order valence-electron chi connectivity index (χ1n) is 6.69. The molecule has 0 aliphatic heterocycles. The number of hydrazone groups is 1. The summed E-state index contributed by atoms with van der Waals surface area (Å²) in [6.07, 6.45) is 4.94. The maximum Gasteiger partial charge on any atom is 0.195 e. The molecule has 3 heterocycles. The minimum atomic E-state index is 0.570. The SMILES string of the molecule is Cn1ncc2c1c(N/N=C/c1ccccc1)nn1ncnc21. The second kappa shape index (κ2) is 4.92. The summed E-state index contributed by atoms with van der Waals surface area (Å²) in [5.41, 5.74) is 5.44. The summed E-state index contributed by atoms with van der Waals surface area (Å²) in [6, 6.07) is 9.82. The first-order valence-corrected chi connectivity index (χ1v) is 6.69. The van der Waals surface area contributed by atoms with Crippen molar-refractivity contribution in [1.29, 1.82) is 0 Å². The molecule has 1 N–H and O–H groups in total. The fourth-order valence-electron chi connectivity index (χ4n) is 2.29. The van der Waals surface area contributed by atoms with E-state index < -0.39 is 0 Å². The standard InChI is InChI=1S/C14H12N8/c1-21-12-11(8-17-21)14-15-9-18-22(14)20-13(12)19-16-7-10-5-3-2-4-6-10/h2-9H,1H3,(H,19,20)/b16-7+. The van der Waals surface area contributed by atoms with Crippen LogP contribution in [0.4, 0.5) is 5.82 Å². The first-order chi connectivity index (χ1) is 10.8. The molecule has 0 unspecified atom stereocenters. The van der Waals surface area contributed by atoms with E-state index in [-0.39, 0.29) is 0 Å². The van der Waals surface area contributed by atoms with Gasteiger partial charge in [0.15, 0.2) is 11.5 Å². The van der Waals surface area contributed by atoms with Crippen LogP contribution in [0.2, 0.25) is 0 Å². The van der Waals surface area contributed by atoms with E-state index in [0.29, 0.717) is 11.5 Å². The lowest BCUT2D eigenvalue weighted by molar-refractivity contribution is 0.780. The molecule has 3 aromatic heterocycles. The fourth-order valence-corrected chi connectivity index (χ4v) is 2.29. The number of rotatable bonds is 3. The summed E-state index contributed by atoms with van der Waals surface area (Å²) in [7, 11) is 1.85. The zero-order chi connectivity index (χ0) is 14.9. The van der Waals surface area contributed by atoms with Crippen LogP contribution in [0.1, 0.15) is 5.56 Å². The van der Waals surface area contributed by atoms with Gasteiger partial charge in [-0.2, -0.15) is 10.2 Å². The maximum atomic E-state index is 4.38. The predicted molar refractivity (Wildman–Crippen MR) is 82.7 cm³/mol. The molecule has 0 saturated heterocycles. The average Bonchev–Trinajstić information content (AvgIpc) is 3.15. The molecule has 4 rings (SSSR count). The van der Waals surface area contributed by atoms with Crippen molar-refractivity contribution in [3.05, 3.63) is 48.4 Å². The Morgan fingerprint density at radius 3 is 2.91 bits per heavy atom. The lowest BCUT2D eigenvalue weighted by atomic mass is 10.2. The maximum absolute atomic E-state index is 4.38. The summed E-state index contributed by atoms with van der Waals surface area (Å²) in [5, 5.41) is 17.8. The van der Waals surface area contributed by atoms with Crippen LogP contribution in [-0.4, -0.2) is 35.8 Å². The second-order valence-corrected chi connectivity index (χ2v) is 4.73. The van der Waals surface area contributed by atoms with Crippen LogP contribution in [0.15, 0.2) is 48.0 Å². The summed E-state index contributed by atoms with van der Waals surface area (Å²) in [6.45, 7) is 0. The van der Waals surface area contributed by atoms with Gasteiger partial charge in [-0.25, -0.2) is 4.98 Å². The zero-order valence-corrected chi connectivity index (χ0v) is 11.7. The Bertz CT molecular complexity index is 967. The number of benzene rings is 1. The van der Waals surface area contributed by atoms with Crippen LogP contribution < -0.4 is 5.43 Å². The number of fused-ring (bicyclic) bond motifs is 3. The number of nitrogens with zero attached hydrogens (tertiary/aromatic N) is 7. The molecule has 0 spiro atoms. The molecule has 1 aromatic carbocycles. The van der Waals surface area contributed by atoms with Crippen LogP contribution in [0, 0.1) is 0 Å². The predicted octanol–water partition coefficient (Wildman–Crippen LogP) is 1.46. The third-order valence-corrected chi connectivity index (χ3v) is 3.31. The van der Waals surface area contributed by atoms with E-state index in [0.717, 1.165) is 16.5 Å². The van der Waals surface area contributed by atoms with Gasteiger partial charge in [0, 0.05) is 7.05 Å². The normalized spacial score (nSPS) is 11.7. The van der Waals surface area contributed by atoms with Gasteiger partial charge in [-0.1, -0.05) is 30.3 Å². The van der Waals surface area contributed by atoms with Crippen molar-refractivity contribution in [3.8, 4) is 0 Å². The van der Waals surface area contributed by atoms with Crippen LogP contribution in [0.3, 0.4) is 0 Å². The van der Waals surface area contributed by atoms with Crippen molar-refractivity contribution in [3.63, 3.8) is 0 Å². The Kier molecular flexibility index (Phi) is 2.78. The van der Waals surface area contributed by atoms with Crippen LogP contribution in [0.25, 0.3) is 16.6 Å². The Morgan fingerprint density at radius 1 is 1.18 bits per heavy atom. The zero-order valence-electron chi connectivity index (χ0n) is 11.7. The smallest absolute Gasteiger partial charge is 0.195 e. The summed E-state index contributed by atoms with van der Waals surface area (Å²) >= 11 is 0. The second-order valence-electron chi connectivity index (χ2n) is 4.73. The Hall–Kier alpha value is -3.29. The van der Waals surface area contributed by atoms with Gasteiger partial charge in [0.2, 0.25) is 0 Å². The van der Waals surface area contributed by atoms with Crippen molar-refractivity contribution in [2.45, 2.75) is 0 Å². The number of aromatic nitrogens is 6. The van der Waals surface area contributed by atoms with Gasteiger partial charge in [-0.3, -0.25) is 10.1 Å². The highest BCUT2D eigenvalue weighted by Crippen LogP contribution is 2.23. The molecule has 0 aliphatic carbocycles. The monoisotopic (exact) mass is 292 g/mol. The van der Waals surface area contributed by atoms with E-state index in [1.54, 1.807) is 17.1 Å². The summed E-state index contributed by atoms with van der Waals surface area (Å²) in [4.78, 5) is 4.20. The first kappa shape index (κ1) is 12.5. The molecule has 0 bridgehead atoms. The molecule has 8 nitrogen and oxygen atoms in total. The van der Waals surface area contributed by atoms with Crippen molar-refractivity contribution in [1.82, 2.24) is 29.6 Å². The largest absolute Gasteiger partial charge is 0.264 e. The van der Waals surface area contributed by atoms with Crippen molar-refractivity contribution >= 4 is 28.6 Å². The van der Waals surface area contributed by atoms with Gasteiger partial charge >= 0.3 is 0 Å². The molecular weight excluding hydrogens is 280 g/mol. The summed E-state index contributed by atoms with van der Waals surface area (Å²) in [5.74, 6) is 0.570. The van der Waals surface area contributed by atoms with E-state index in [9.17, 15) is 0 Å². The van der Waals surface area contributed by atoms with E-state index in [4.69, 9.17) is 0 Å². The number of hydrogen-bond acceptors (Lipinski definition) is 6. The molecule has 4 aromatic rings. The van der Waals surface area contributed by atoms with E-state index in [1.165, 1.54) is 11.0 Å². The van der Waals surface area contributed by atoms with Crippen molar-refractivity contribution in [2.75, 3.05) is 5.43 Å². The molecular formula is C14H12N8. The van der Waals surface area contributed by atoms with Crippen LogP contribution in [0.5, 0.6) is 0 Å². The van der Waals surface area contributed by atoms with Crippen LogP contribution in [-0.2, 0) is 7.05 Å². The lowest BCUT2D eigenvalue weighted by Gasteiger charge is -2.04. The minimum Gasteiger partial charge on any atom is -0.264 e. The molecule has 0 amide bonds. The molecule has 0 radical (unpaired) electrons. The van der Waals surface area contributed by atoms with Crippen LogP contribution >= 0.6 is 0 Å². The highest BCUT2D eigenvalue weighted by molar-refractivity contribution is 5.97. The third kappa shape index (κ3) is 1.97. The molecule has 8 heteroatoms. The fraction of sp³-hybridized carbons (Fsp3) is 0.0714. The number of anilines is 1. The molecule has 108 valence electrons. The van der Waals surface area contributed by atoms with Crippen molar-refractivity contribution in [2.24, 2.45) is 12.1 Å². The quantitative estimate of drug-likeness (QED) is 0.456. The number of aryl methyl sites for hydroxylation is 1.